The minimum absolute atomic E-state index is 0.0690. The van der Waals surface area contributed by atoms with Crippen molar-refractivity contribution in [2.45, 2.75) is 20.3 Å². The maximum Gasteiger partial charge on any atom is 0.251 e. The number of carbonyl (C=O) groups is 2. The highest BCUT2D eigenvalue weighted by molar-refractivity contribution is 7.09. The molecular formula is C19H24N2O4S. The lowest BCUT2D eigenvalue weighted by molar-refractivity contribution is -0.120. The Morgan fingerprint density at radius 2 is 1.81 bits per heavy atom. The lowest BCUT2D eigenvalue weighted by atomic mass is 10.2. The lowest BCUT2D eigenvalue weighted by Crippen LogP contribution is -2.37. The van der Waals surface area contributed by atoms with E-state index in [0.717, 1.165) is 6.42 Å². The Hall–Kier alpha value is -2.54. The summed E-state index contributed by atoms with van der Waals surface area (Å²) in [5, 5.41) is 7.42. The van der Waals surface area contributed by atoms with Crippen LogP contribution in [0.25, 0.3) is 0 Å². The average molecular weight is 376 g/mol. The van der Waals surface area contributed by atoms with E-state index in [1.54, 1.807) is 29.5 Å². The molecule has 1 aromatic carbocycles. The Morgan fingerprint density at radius 3 is 2.50 bits per heavy atom. The summed E-state index contributed by atoms with van der Waals surface area (Å²) < 4.78 is 11.0. The highest BCUT2D eigenvalue weighted by Crippen LogP contribution is 2.28. The summed E-state index contributed by atoms with van der Waals surface area (Å²) in [5.74, 6) is 0.563. The molecule has 0 radical (unpaired) electrons. The fourth-order valence-corrected chi connectivity index (χ4v) is 3.01. The van der Waals surface area contributed by atoms with Crippen LogP contribution in [0.5, 0.6) is 11.5 Å². The van der Waals surface area contributed by atoms with Crippen molar-refractivity contribution in [2.24, 2.45) is 0 Å². The van der Waals surface area contributed by atoms with Gasteiger partial charge >= 0.3 is 0 Å². The first-order valence-electron chi connectivity index (χ1n) is 8.61. The molecular weight excluding hydrogens is 352 g/mol. The zero-order valence-electron chi connectivity index (χ0n) is 15.0. The predicted molar refractivity (Wildman–Crippen MR) is 102 cm³/mol. The molecule has 0 spiro atoms. The van der Waals surface area contributed by atoms with E-state index in [1.165, 1.54) is 4.88 Å². The fraction of sp³-hybridized carbons (Fsp3) is 0.368. The number of thiophene rings is 1. The van der Waals surface area contributed by atoms with Gasteiger partial charge < -0.3 is 20.1 Å². The molecule has 0 fully saturated rings. The van der Waals surface area contributed by atoms with Crippen molar-refractivity contribution in [3.63, 3.8) is 0 Å². The molecule has 2 aromatic rings. The smallest absolute Gasteiger partial charge is 0.251 e. The van der Waals surface area contributed by atoms with E-state index in [9.17, 15) is 9.59 Å². The third-order valence-electron chi connectivity index (χ3n) is 3.49. The molecule has 0 saturated heterocycles. The first-order valence-corrected chi connectivity index (χ1v) is 9.49. The number of hydrogen-bond acceptors (Lipinski definition) is 5. The van der Waals surface area contributed by atoms with E-state index in [4.69, 9.17) is 9.47 Å². The van der Waals surface area contributed by atoms with Gasteiger partial charge in [0.25, 0.3) is 5.91 Å². The standard InChI is InChI=1S/C19H24N2O4S/c1-3-24-16-8-7-14(12-17(16)25-4-2)19(23)21-13-18(22)20-10-9-15-6-5-11-26-15/h5-8,11-12H,3-4,9-10,13H2,1-2H3,(H,20,22)(H,21,23). The van der Waals surface area contributed by atoms with Gasteiger partial charge in [-0.25, -0.2) is 0 Å². The summed E-state index contributed by atoms with van der Waals surface area (Å²) in [6.45, 7) is 5.21. The Kier molecular flexibility index (Phi) is 7.95. The zero-order valence-corrected chi connectivity index (χ0v) is 15.9. The molecule has 140 valence electrons. The molecule has 2 N–H and O–H groups in total. The van der Waals surface area contributed by atoms with Crippen LogP contribution in [0.4, 0.5) is 0 Å². The second kappa shape index (κ2) is 10.5. The first-order chi connectivity index (χ1) is 12.6. The fourth-order valence-electron chi connectivity index (χ4n) is 2.30. The van der Waals surface area contributed by atoms with Gasteiger partial charge in [0.05, 0.1) is 19.8 Å². The van der Waals surface area contributed by atoms with E-state index in [0.29, 0.717) is 36.8 Å². The molecule has 7 heteroatoms. The van der Waals surface area contributed by atoms with Gasteiger partial charge in [-0.2, -0.15) is 0 Å². The minimum atomic E-state index is -0.331. The summed E-state index contributed by atoms with van der Waals surface area (Å²) in [6.07, 6.45) is 0.786. The predicted octanol–water partition coefficient (Wildman–Crippen LogP) is 2.63. The van der Waals surface area contributed by atoms with Crippen LogP contribution in [-0.4, -0.2) is 38.1 Å². The molecule has 0 aliphatic heterocycles. The lowest BCUT2D eigenvalue weighted by Gasteiger charge is -2.12. The van der Waals surface area contributed by atoms with Gasteiger partial charge in [-0.05, 0) is 49.9 Å². The Bertz CT molecular complexity index is 716. The van der Waals surface area contributed by atoms with Crippen molar-refractivity contribution < 1.29 is 19.1 Å². The first kappa shape index (κ1) is 19.8. The third kappa shape index (κ3) is 6.07. The number of nitrogens with one attached hydrogen (secondary N) is 2. The van der Waals surface area contributed by atoms with Crippen LogP contribution in [-0.2, 0) is 11.2 Å². The van der Waals surface area contributed by atoms with E-state index >= 15 is 0 Å². The maximum absolute atomic E-state index is 12.2. The number of carbonyl (C=O) groups excluding carboxylic acids is 2. The Balaban J connectivity index is 1.82. The number of hydrogen-bond donors (Lipinski definition) is 2. The normalized spacial score (nSPS) is 10.2. The van der Waals surface area contributed by atoms with Crippen molar-refractivity contribution in [3.8, 4) is 11.5 Å². The van der Waals surface area contributed by atoms with Crippen molar-refractivity contribution in [1.29, 1.82) is 0 Å². The summed E-state index contributed by atoms with van der Waals surface area (Å²) in [7, 11) is 0. The van der Waals surface area contributed by atoms with E-state index in [1.807, 2.05) is 31.4 Å². The second-order valence-electron chi connectivity index (χ2n) is 5.39. The van der Waals surface area contributed by atoms with Crippen LogP contribution < -0.4 is 20.1 Å². The quantitative estimate of drug-likeness (QED) is 0.668. The van der Waals surface area contributed by atoms with Crippen molar-refractivity contribution in [1.82, 2.24) is 10.6 Å². The van der Waals surface area contributed by atoms with Gasteiger partial charge in [0.15, 0.2) is 11.5 Å². The van der Waals surface area contributed by atoms with Gasteiger partial charge in [0.1, 0.15) is 0 Å². The van der Waals surface area contributed by atoms with Crippen LogP contribution in [0.2, 0.25) is 0 Å². The van der Waals surface area contributed by atoms with E-state index in [2.05, 4.69) is 10.6 Å². The van der Waals surface area contributed by atoms with E-state index < -0.39 is 0 Å². The molecule has 0 aliphatic rings. The van der Waals surface area contributed by atoms with Gasteiger partial charge in [-0.3, -0.25) is 9.59 Å². The number of rotatable bonds is 10. The van der Waals surface area contributed by atoms with Crippen LogP contribution in [0, 0.1) is 0 Å². The summed E-state index contributed by atoms with van der Waals surface area (Å²) in [5.41, 5.74) is 0.420. The Labute approximate surface area is 157 Å². The van der Waals surface area contributed by atoms with Gasteiger partial charge in [-0.1, -0.05) is 6.07 Å². The molecule has 2 rings (SSSR count). The zero-order chi connectivity index (χ0) is 18.8. The largest absolute Gasteiger partial charge is 0.490 e. The van der Waals surface area contributed by atoms with Crippen molar-refractivity contribution in [3.05, 3.63) is 46.2 Å². The van der Waals surface area contributed by atoms with Gasteiger partial charge in [0, 0.05) is 17.0 Å². The average Bonchev–Trinajstić information content (AvgIpc) is 3.15. The molecule has 2 amide bonds. The molecule has 0 unspecified atom stereocenters. The summed E-state index contributed by atoms with van der Waals surface area (Å²) in [4.78, 5) is 25.3. The highest BCUT2D eigenvalue weighted by Gasteiger charge is 2.12. The molecule has 26 heavy (non-hydrogen) atoms. The molecule has 0 bridgehead atoms. The van der Waals surface area contributed by atoms with Crippen molar-refractivity contribution in [2.75, 3.05) is 26.3 Å². The topological polar surface area (TPSA) is 76.7 Å². The number of benzene rings is 1. The SMILES string of the molecule is CCOc1ccc(C(=O)NCC(=O)NCCc2cccs2)cc1OCC. The van der Waals surface area contributed by atoms with Crippen LogP contribution in [0.3, 0.4) is 0 Å². The van der Waals surface area contributed by atoms with Crippen LogP contribution in [0.1, 0.15) is 29.1 Å². The van der Waals surface area contributed by atoms with Gasteiger partial charge in [-0.15, -0.1) is 11.3 Å². The van der Waals surface area contributed by atoms with E-state index in [-0.39, 0.29) is 18.4 Å². The number of ether oxygens (including phenoxy) is 2. The minimum Gasteiger partial charge on any atom is -0.490 e. The molecule has 6 nitrogen and oxygen atoms in total. The number of amides is 2. The monoisotopic (exact) mass is 376 g/mol. The Morgan fingerprint density at radius 1 is 1.04 bits per heavy atom. The van der Waals surface area contributed by atoms with Crippen LogP contribution in [0.15, 0.2) is 35.7 Å². The summed E-state index contributed by atoms with van der Waals surface area (Å²) in [6, 6.07) is 8.98. The second-order valence-corrected chi connectivity index (χ2v) is 6.42. The third-order valence-corrected chi connectivity index (χ3v) is 4.42. The summed E-state index contributed by atoms with van der Waals surface area (Å²) >= 11 is 1.66. The van der Waals surface area contributed by atoms with Gasteiger partial charge in [0.2, 0.25) is 5.91 Å². The maximum atomic E-state index is 12.2. The molecule has 0 atom stereocenters. The van der Waals surface area contributed by atoms with Crippen molar-refractivity contribution >= 4 is 23.2 Å². The molecule has 0 saturated carbocycles. The highest BCUT2D eigenvalue weighted by atomic mass is 32.1. The van der Waals surface area contributed by atoms with Crippen LogP contribution >= 0.6 is 11.3 Å². The molecule has 1 aromatic heterocycles. The molecule has 0 aliphatic carbocycles. The molecule has 1 heterocycles.